The molecule has 1 aliphatic rings. The summed E-state index contributed by atoms with van der Waals surface area (Å²) in [7, 11) is 0. The fraction of sp³-hybridized carbons (Fsp3) is 0.714. The number of nitrogens with two attached hydrogens (primary N) is 1. The summed E-state index contributed by atoms with van der Waals surface area (Å²) < 4.78 is 0. The van der Waals surface area contributed by atoms with Crippen molar-refractivity contribution in [2.75, 3.05) is 11.1 Å². The van der Waals surface area contributed by atoms with E-state index in [1.807, 2.05) is 6.07 Å². The molecule has 0 saturated heterocycles. The van der Waals surface area contributed by atoms with Crippen molar-refractivity contribution in [3.8, 4) is 0 Å². The quantitative estimate of drug-likeness (QED) is 0.860. The summed E-state index contributed by atoms with van der Waals surface area (Å²) >= 11 is 0. The first kappa shape index (κ1) is 13.1. The number of nitrogens with zero attached hydrogens (tertiary/aromatic N) is 2. The molecule has 4 nitrogen and oxygen atoms in total. The molecule has 1 fully saturated rings. The number of nitrogen functional groups attached to an aromatic ring is 1. The van der Waals surface area contributed by atoms with E-state index >= 15 is 0 Å². The van der Waals surface area contributed by atoms with Gasteiger partial charge in [-0.05, 0) is 17.3 Å². The first-order chi connectivity index (χ1) is 8.29. The van der Waals surface area contributed by atoms with Gasteiger partial charge in [-0.25, -0.2) is 9.97 Å². The zero-order chi connectivity index (χ0) is 13.6. The molecule has 0 amide bonds. The molecule has 4 heteroatoms. The van der Waals surface area contributed by atoms with E-state index in [1.165, 1.54) is 0 Å². The van der Waals surface area contributed by atoms with Gasteiger partial charge in [-0.2, -0.15) is 0 Å². The molecule has 0 atom stereocenters. The molecule has 2 rings (SSSR count). The van der Waals surface area contributed by atoms with Gasteiger partial charge in [0.2, 0.25) is 0 Å². The maximum absolute atomic E-state index is 5.83. The van der Waals surface area contributed by atoms with Gasteiger partial charge in [0, 0.05) is 18.5 Å². The molecule has 1 aliphatic carbocycles. The second-order valence-corrected chi connectivity index (χ2v) is 6.37. The highest BCUT2D eigenvalue weighted by molar-refractivity contribution is 5.48. The molecule has 0 radical (unpaired) electrons. The Balaban J connectivity index is 2.16. The average Bonchev–Trinajstić information content (AvgIpc) is 2.60. The molecule has 0 spiro atoms. The molecule has 1 saturated carbocycles. The predicted octanol–water partition coefficient (Wildman–Crippen LogP) is 2.86. The first-order valence-electron chi connectivity index (χ1n) is 6.69. The zero-order valence-electron chi connectivity index (χ0n) is 12.0. The number of rotatable bonds is 4. The Labute approximate surface area is 109 Å². The molecule has 1 aromatic rings. The third kappa shape index (κ3) is 2.04. The van der Waals surface area contributed by atoms with E-state index in [9.17, 15) is 0 Å². The van der Waals surface area contributed by atoms with E-state index < -0.39 is 0 Å². The average molecular weight is 248 g/mol. The van der Waals surface area contributed by atoms with Crippen LogP contribution in [-0.4, -0.2) is 16.0 Å². The number of hydrogen-bond donors (Lipinski definition) is 2. The van der Waals surface area contributed by atoms with Gasteiger partial charge in [-0.3, -0.25) is 0 Å². The minimum Gasteiger partial charge on any atom is -0.384 e. The maximum Gasteiger partial charge on any atom is 0.133 e. The summed E-state index contributed by atoms with van der Waals surface area (Å²) in [6.45, 7) is 11.2. The van der Waals surface area contributed by atoms with Crippen molar-refractivity contribution < 1.29 is 0 Å². The highest BCUT2D eigenvalue weighted by atomic mass is 15.1. The molecule has 100 valence electrons. The van der Waals surface area contributed by atoms with Gasteiger partial charge in [0.1, 0.15) is 17.5 Å². The number of aryl methyl sites for hydroxylation is 1. The van der Waals surface area contributed by atoms with Crippen LogP contribution in [0.4, 0.5) is 11.6 Å². The Hall–Kier alpha value is -1.32. The standard InChI is InChI=1S/C14H24N4/c1-6-7-10-16-9(15)8-11(17-10)18-12-13(2,3)14(12,4)5/h8,12H,6-7H2,1-5H3,(H3,15,16,17,18). The van der Waals surface area contributed by atoms with E-state index in [4.69, 9.17) is 5.73 Å². The predicted molar refractivity (Wildman–Crippen MR) is 75.4 cm³/mol. The van der Waals surface area contributed by atoms with E-state index in [1.54, 1.807) is 0 Å². The maximum atomic E-state index is 5.83. The molecule has 1 heterocycles. The van der Waals surface area contributed by atoms with Gasteiger partial charge in [-0.1, -0.05) is 34.6 Å². The smallest absolute Gasteiger partial charge is 0.133 e. The van der Waals surface area contributed by atoms with E-state index in [2.05, 4.69) is 49.9 Å². The topological polar surface area (TPSA) is 63.8 Å². The molecular weight excluding hydrogens is 224 g/mol. The SMILES string of the molecule is CCCc1nc(N)cc(NC2C(C)(C)C2(C)C)n1. The molecule has 0 aliphatic heterocycles. The summed E-state index contributed by atoms with van der Waals surface area (Å²) in [6.07, 6.45) is 1.90. The van der Waals surface area contributed by atoms with Gasteiger partial charge in [0.05, 0.1) is 0 Å². The van der Waals surface area contributed by atoms with Crippen molar-refractivity contribution in [3.63, 3.8) is 0 Å². The van der Waals surface area contributed by atoms with Crippen molar-refractivity contribution in [2.45, 2.75) is 53.5 Å². The third-order valence-corrected chi connectivity index (χ3v) is 4.58. The number of anilines is 2. The minimum absolute atomic E-state index is 0.289. The van der Waals surface area contributed by atoms with Crippen LogP contribution in [0.25, 0.3) is 0 Å². The van der Waals surface area contributed by atoms with Gasteiger partial charge in [-0.15, -0.1) is 0 Å². The van der Waals surface area contributed by atoms with E-state index in [0.717, 1.165) is 24.5 Å². The van der Waals surface area contributed by atoms with Crippen LogP contribution in [0.5, 0.6) is 0 Å². The van der Waals surface area contributed by atoms with Crippen molar-refractivity contribution >= 4 is 11.6 Å². The van der Waals surface area contributed by atoms with Gasteiger partial charge in [0.25, 0.3) is 0 Å². The van der Waals surface area contributed by atoms with Gasteiger partial charge >= 0.3 is 0 Å². The molecule has 3 N–H and O–H groups in total. The van der Waals surface area contributed by atoms with Crippen molar-refractivity contribution in [1.29, 1.82) is 0 Å². The normalized spacial score (nSPS) is 20.7. The fourth-order valence-corrected chi connectivity index (χ4v) is 2.63. The Bertz CT molecular complexity index is 437. The van der Waals surface area contributed by atoms with Crippen LogP contribution in [0.15, 0.2) is 6.07 Å². The van der Waals surface area contributed by atoms with Gasteiger partial charge in [0.15, 0.2) is 0 Å². The summed E-state index contributed by atoms with van der Waals surface area (Å²) in [5, 5.41) is 3.50. The Morgan fingerprint density at radius 2 is 1.83 bits per heavy atom. The largest absolute Gasteiger partial charge is 0.384 e. The van der Waals surface area contributed by atoms with Crippen molar-refractivity contribution in [1.82, 2.24) is 9.97 Å². The summed E-state index contributed by atoms with van der Waals surface area (Å²) in [6, 6.07) is 2.26. The van der Waals surface area contributed by atoms with Crippen LogP contribution in [0.3, 0.4) is 0 Å². The summed E-state index contributed by atoms with van der Waals surface area (Å²) in [4.78, 5) is 8.78. The highest BCUT2D eigenvalue weighted by Crippen LogP contribution is 2.63. The monoisotopic (exact) mass is 248 g/mol. The minimum atomic E-state index is 0.289. The fourth-order valence-electron chi connectivity index (χ4n) is 2.63. The first-order valence-corrected chi connectivity index (χ1v) is 6.69. The Kier molecular flexibility index (Phi) is 2.99. The van der Waals surface area contributed by atoms with E-state index in [-0.39, 0.29) is 10.8 Å². The van der Waals surface area contributed by atoms with Crippen LogP contribution in [-0.2, 0) is 6.42 Å². The molecule has 0 aromatic carbocycles. The third-order valence-electron chi connectivity index (χ3n) is 4.58. The Morgan fingerprint density at radius 1 is 1.22 bits per heavy atom. The second-order valence-electron chi connectivity index (χ2n) is 6.37. The molecule has 0 bridgehead atoms. The van der Waals surface area contributed by atoms with Crippen LogP contribution < -0.4 is 11.1 Å². The summed E-state index contributed by atoms with van der Waals surface area (Å²) in [5.41, 5.74) is 6.41. The number of hydrogen-bond acceptors (Lipinski definition) is 4. The van der Waals surface area contributed by atoms with Crippen molar-refractivity contribution in [2.24, 2.45) is 10.8 Å². The van der Waals surface area contributed by atoms with Crippen LogP contribution in [0.1, 0.15) is 46.9 Å². The molecule has 18 heavy (non-hydrogen) atoms. The summed E-state index contributed by atoms with van der Waals surface area (Å²) in [5.74, 6) is 2.23. The lowest BCUT2D eigenvalue weighted by atomic mass is 10.0. The molecule has 0 unspecified atom stereocenters. The zero-order valence-corrected chi connectivity index (χ0v) is 12.0. The van der Waals surface area contributed by atoms with Crippen LogP contribution >= 0.6 is 0 Å². The van der Waals surface area contributed by atoms with Crippen molar-refractivity contribution in [3.05, 3.63) is 11.9 Å². The second kappa shape index (κ2) is 4.11. The number of nitrogens with one attached hydrogen (secondary N) is 1. The van der Waals surface area contributed by atoms with E-state index in [0.29, 0.717) is 11.9 Å². The Morgan fingerprint density at radius 3 is 2.33 bits per heavy atom. The molecule has 1 aromatic heterocycles. The lowest BCUT2D eigenvalue weighted by Gasteiger charge is -2.09. The lowest BCUT2D eigenvalue weighted by Crippen LogP contribution is -2.13. The van der Waals surface area contributed by atoms with Crippen LogP contribution in [0, 0.1) is 10.8 Å². The lowest BCUT2D eigenvalue weighted by molar-refractivity contribution is 0.457. The highest BCUT2D eigenvalue weighted by Gasteiger charge is 2.65. The number of aromatic nitrogens is 2. The van der Waals surface area contributed by atoms with Gasteiger partial charge < -0.3 is 11.1 Å². The molecular formula is C14H24N4. The van der Waals surface area contributed by atoms with Crippen LogP contribution in [0.2, 0.25) is 0 Å².